The lowest BCUT2D eigenvalue weighted by atomic mass is 10.1. The van der Waals surface area contributed by atoms with E-state index in [9.17, 15) is 14.4 Å². The van der Waals surface area contributed by atoms with Crippen LogP contribution in [0.25, 0.3) is 12.2 Å². The Bertz CT molecular complexity index is 1880. The second-order valence-corrected chi connectivity index (χ2v) is 10.3. The Balaban J connectivity index is 1.31. The molecule has 8 heteroatoms. The molecular formula is C38H32N2O6. The molecule has 0 spiro atoms. The lowest BCUT2D eigenvalue weighted by Crippen LogP contribution is -2.27. The standard InChI is InChI=1S/C38H32N2O6/c1-40(33-14-8-6-12-28(33)19-16-26-17-20-29(21-18-26)38(43)44)37(42)30-22-23-32(35(24-30)45-2)39-36(41)31-13-7-9-15-34(31)46-25-27-10-4-3-5-11-27/h3-24H,25H2,1-2H3,(H,39,41)(H,43,44)/b19-16+. The van der Waals surface area contributed by atoms with Crippen molar-refractivity contribution in [2.45, 2.75) is 6.61 Å². The van der Waals surface area contributed by atoms with Crippen molar-refractivity contribution in [3.05, 3.63) is 155 Å². The van der Waals surface area contributed by atoms with E-state index in [4.69, 9.17) is 14.6 Å². The quantitative estimate of drug-likeness (QED) is 0.148. The minimum Gasteiger partial charge on any atom is -0.495 e. The molecule has 0 aliphatic carbocycles. The van der Waals surface area contributed by atoms with Crippen LogP contribution in [0, 0.1) is 0 Å². The summed E-state index contributed by atoms with van der Waals surface area (Å²) in [5, 5.41) is 12.0. The number of nitrogens with one attached hydrogen (secondary N) is 1. The predicted molar refractivity (Wildman–Crippen MR) is 180 cm³/mol. The normalized spacial score (nSPS) is 10.7. The number of carbonyl (C=O) groups excluding carboxylic acids is 2. The van der Waals surface area contributed by atoms with Gasteiger partial charge in [0, 0.05) is 12.6 Å². The van der Waals surface area contributed by atoms with E-state index < -0.39 is 5.97 Å². The number of ether oxygens (including phenoxy) is 2. The van der Waals surface area contributed by atoms with E-state index in [1.807, 2.05) is 66.7 Å². The van der Waals surface area contributed by atoms with E-state index in [-0.39, 0.29) is 17.4 Å². The van der Waals surface area contributed by atoms with Crippen LogP contribution in [0.15, 0.2) is 121 Å². The van der Waals surface area contributed by atoms with Crippen LogP contribution in [0.2, 0.25) is 0 Å². The fourth-order valence-electron chi connectivity index (χ4n) is 4.79. The number of hydrogen-bond acceptors (Lipinski definition) is 5. The summed E-state index contributed by atoms with van der Waals surface area (Å²) >= 11 is 0. The Labute approximate surface area is 267 Å². The van der Waals surface area contributed by atoms with Gasteiger partial charge in [-0.25, -0.2) is 4.79 Å². The Morgan fingerprint density at radius 2 is 1.43 bits per heavy atom. The number of hydrogen-bond donors (Lipinski definition) is 2. The third-order valence-corrected chi connectivity index (χ3v) is 7.28. The minimum atomic E-state index is -0.984. The van der Waals surface area contributed by atoms with Gasteiger partial charge in [-0.1, -0.05) is 84.9 Å². The summed E-state index contributed by atoms with van der Waals surface area (Å²) in [5.74, 6) is -0.865. The molecule has 5 rings (SSSR count). The molecule has 230 valence electrons. The molecule has 0 atom stereocenters. The van der Waals surface area contributed by atoms with Gasteiger partial charge in [0.1, 0.15) is 18.1 Å². The maximum absolute atomic E-state index is 13.6. The van der Waals surface area contributed by atoms with Crippen molar-refractivity contribution < 1.29 is 29.0 Å². The summed E-state index contributed by atoms with van der Waals surface area (Å²) < 4.78 is 11.5. The van der Waals surface area contributed by atoms with Crippen LogP contribution in [0.5, 0.6) is 11.5 Å². The molecule has 2 N–H and O–H groups in total. The molecule has 2 amide bonds. The average molecular weight is 613 g/mol. The summed E-state index contributed by atoms with van der Waals surface area (Å²) in [7, 11) is 3.16. The van der Waals surface area contributed by atoms with E-state index in [1.54, 1.807) is 78.7 Å². The molecule has 46 heavy (non-hydrogen) atoms. The van der Waals surface area contributed by atoms with Gasteiger partial charge in [-0.15, -0.1) is 0 Å². The van der Waals surface area contributed by atoms with Gasteiger partial charge in [-0.05, 0) is 65.2 Å². The number of para-hydroxylation sites is 2. The lowest BCUT2D eigenvalue weighted by Gasteiger charge is -2.21. The van der Waals surface area contributed by atoms with E-state index >= 15 is 0 Å². The zero-order chi connectivity index (χ0) is 32.5. The van der Waals surface area contributed by atoms with Gasteiger partial charge in [0.05, 0.1) is 29.6 Å². The molecule has 0 bridgehead atoms. The van der Waals surface area contributed by atoms with Gasteiger partial charge in [0.15, 0.2) is 0 Å². The van der Waals surface area contributed by atoms with E-state index in [0.717, 1.165) is 16.7 Å². The summed E-state index contributed by atoms with van der Waals surface area (Å²) in [5.41, 5.74) is 4.62. The number of carboxylic acids is 1. The van der Waals surface area contributed by atoms with Crippen molar-refractivity contribution in [1.82, 2.24) is 0 Å². The van der Waals surface area contributed by atoms with Gasteiger partial charge < -0.3 is 24.8 Å². The van der Waals surface area contributed by atoms with Crippen LogP contribution in [0.4, 0.5) is 11.4 Å². The summed E-state index contributed by atoms with van der Waals surface area (Å²) in [4.78, 5) is 39.6. The van der Waals surface area contributed by atoms with E-state index in [2.05, 4.69) is 5.32 Å². The molecule has 0 aromatic heterocycles. The van der Waals surface area contributed by atoms with Crippen LogP contribution in [0.3, 0.4) is 0 Å². The van der Waals surface area contributed by atoms with Gasteiger partial charge in [-0.3, -0.25) is 9.59 Å². The topological polar surface area (TPSA) is 105 Å². The van der Waals surface area contributed by atoms with Crippen molar-refractivity contribution in [2.75, 3.05) is 24.4 Å². The second kappa shape index (κ2) is 14.5. The van der Waals surface area contributed by atoms with Crippen molar-refractivity contribution in [3.63, 3.8) is 0 Å². The van der Waals surface area contributed by atoms with Crippen LogP contribution in [0.1, 0.15) is 47.8 Å². The zero-order valence-electron chi connectivity index (χ0n) is 25.3. The minimum absolute atomic E-state index is 0.210. The number of carbonyl (C=O) groups is 3. The first-order valence-electron chi connectivity index (χ1n) is 14.5. The summed E-state index contributed by atoms with van der Waals surface area (Å²) in [6.07, 6.45) is 3.73. The Hall–Kier alpha value is -6.15. The molecule has 5 aromatic carbocycles. The molecule has 0 aliphatic rings. The smallest absolute Gasteiger partial charge is 0.335 e. The highest BCUT2D eigenvalue weighted by atomic mass is 16.5. The molecule has 0 saturated heterocycles. The summed E-state index contributed by atoms with van der Waals surface area (Å²) in [6.45, 7) is 0.317. The number of anilines is 2. The molecule has 5 aromatic rings. The highest BCUT2D eigenvalue weighted by Gasteiger charge is 2.19. The van der Waals surface area contributed by atoms with Crippen molar-refractivity contribution in [3.8, 4) is 11.5 Å². The molecule has 0 aliphatic heterocycles. The van der Waals surface area contributed by atoms with Crippen molar-refractivity contribution in [2.24, 2.45) is 0 Å². The summed E-state index contributed by atoms with van der Waals surface area (Å²) in [6, 6.07) is 35.5. The largest absolute Gasteiger partial charge is 0.495 e. The van der Waals surface area contributed by atoms with Gasteiger partial charge in [-0.2, -0.15) is 0 Å². The van der Waals surface area contributed by atoms with Crippen molar-refractivity contribution >= 4 is 41.3 Å². The number of amides is 2. The fraction of sp³-hybridized carbons (Fsp3) is 0.0789. The average Bonchev–Trinajstić information content (AvgIpc) is 3.10. The Morgan fingerprint density at radius 3 is 2.17 bits per heavy atom. The SMILES string of the molecule is COc1cc(C(=O)N(C)c2ccccc2/C=C/c2ccc(C(=O)O)cc2)ccc1NC(=O)c1ccccc1OCc1ccccc1. The molecule has 0 unspecified atom stereocenters. The van der Waals surface area contributed by atoms with Crippen LogP contribution < -0.4 is 19.7 Å². The van der Waals surface area contributed by atoms with E-state index in [1.165, 1.54) is 7.11 Å². The lowest BCUT2D eigenvalue weighted by molar-refractivity contribution is 0.0696. The maximum Gasteiger partial charge on any atom is 0.335 e. The number of benzene rings is 5. The zero-order valence-corrected chi connectivity index (χ0v) is 25.3. The maximum atomic E-state index is 13.6. The molecule has 0 heterocycles. The van der Waals surface area contributed by atoms with Gasteiger partial charge in [0.2, 0.25) is 0 Å². The number of aromatic carboxylic acids is 1. The van der Waals surface area contributed by atoms with E-state index in [0.29, 0.717) is 40.6 Å². The van der Waals surface area contributed by atoms with Gasteiger partial charge >= 0.3 is 5.97 Å². The Kier molecular flexibility index (Phi) is 9.89. The van der Waals surface area contributed by atoms with Crippen LogP contribution >= 0.6 is 0 Å². The van der Waals surface area contributed by atoms with Crippen LogP contribution in [-0.4, -0.2) is 37.0 Å². The van der Waals surface area contributed by atoms with Gasteiger partial charge in [0.25, 0.3) is 11.8 Å². The second-order valence-electron chi connectivity index (χ2n) is 10.3. The number of carboxylic acid groups (broad SMARTS) is 1. The van der Waals surface area contributed by atoms with Crippen molar-refractivity contribution in [1.29, 1.82) is 0 Å². The third-order valence-electron chi connectivity index (χ3n) is 7.28. The highest BCUT2D eigenvalue weighted by Crippen LogP contribution is 2.30. The molecule has 0 radical (unpaired) electrons. The molecular weight excluding hydrogens is 580 g/mol. The predicted octanol–water partition coefficient (Wildman–Crippen LogP) is 7.67. The first-order valence-corrected chi connectivity index (χ1v) is 14.5. The monoisotopic (exact) mass is 612 g/mol. The molecule has 0 fully saturated rings. The molecule has 0 saturated carbocycles. The molecule has 8 nitrogen and oxygen atoms in total. The van der Waals surface area contributed by atoms with Crippen LogP contribution in [-0.2, 0) is 6.61 Å². The number of nitrogens with zero attached hydrogens (tertiary/aromatic N) is 1. The first-order chi connectivity index (χ1) is 22.3. The Morgan fingerprint density at radius 1 is 0.761 bits per heavy atom. The fourth-order valence-corrected chi connectivity index (χ4v) is 4.79. The number of methoxy groups -OCH3 is 1. The number of rotatable bonds is 11. The third kappa shape index (κ3) is 7.49. The highest BCUT2D eigenvalue weighted by molar-refractivity contribution is 6.09. The first kappa shape index (κ1) is 31.3.